The van der Waals surface area contributed by atoms with Crippen LogP contribution in [-0.2, 0) is 25.6 Å². The van der Waals surface area contributed by atoms with Crippen molar-refractivity contribution >= 4 is 16.2 Å². The van der Waals surface area contributed by atoms with Gasteiger partial charge in [-0.3, -0.25) is 9.08 Å². The van der Waals surface area contributed by atoms with E-state index in [0.29, 0.717) is 11.3 Å². The Morgan fingerprint density at radius 3 is 2.42 bits per heavy atom. The zero-order valence-electron chi connectivity index (χ0n) is 13.6. The number of amides is 1. The van der Waals surface area contributed by atoms with Gasteiger partial charge in [0.2, 0.25) is 0 Å². The fraction of sp³-hybridized carbons (Fsp3) is 0.400. The predicted molar refractivity (Wildman–Crippen MR) is 83.7 cm³/mol. The minimum atomic E-state index is -5.78. The second kappa shape index (κ2) is 7.54. The van der Waals surface area contributed by atoms with E-state index in [-0.39, 0.29) is 6.54 Å². The third kappa shape index (κ3) is 4.28. The lowest BCUT2D eigenvalue weighted by Crippen LogP contribution is -2.41. The van der Waals surface area contributed by atoms with E-state index in [4.69, 9.17) is 9.47 Å². The number of halogens is 3. The number of carbonyl (C=O) groups is 1. The van der Waals surface area contributed by atoms with Crippen LogP contribution in [0.4, 0.5) is 18.0 Å². The van der Waals surface area contributed by atoms with Crippen molar-refractivity contribution in [1.29, 1.82) is 0 Å². The van der Waals surface area contributed by atoms with E-state index in [1.54, 1.807) is 24.3 Å². The molecular formula is C15H16F3NO6S. The molecule has 1 heterocycles. The van der Waals surface area contributed by atoms with Crippen LogP contribution in [0.25, 0.3) is 0 Å². The van der Waals surface area contributed by atoms with Crippen LogP contribution in [0.1, 0.15) is 5.56 Å². The molecule has 2 rings (SSSR count). The summed E-state index contributed by atoms with van der Waals surface area (Å²) in [5.41, 5.74) is -4.92. The number of benzene rings is 1. The zero-order chi connectivity index (χ0) is 19.5. The molecule has 1 aliphatic rings. The lowest BCUT2D eigenvalue weighted by Gasteiger charge is -2.23. The molecule has 0 spiro atoms. The molecule has 1 saturated heterocycles. The largest absolute Gasteiger partial charge is 0.523 e. The number of cyclic esters (lactones) is 1. The van der Waals surface area contributed by atoms with Crippen LogP contribution in [0.15, 0.2) is 36.9 Å². The molecule has 7 nitrogen and oxygen atoms in total. The quantitative estimate of drug-likeness (QED) is 0.401. The normalized spacial score (nSPS) is 20.8. The molecule has 0 saturated carbocycles. The van der Waals surface area contributed by atoms with E-state index in [9.17, 15) is 26.4 Å². The summed E-state index contributed by atoms with van der Waals surface area (Å²) < 4.78 is 73.5. The maximum Gasteiger partial charge on any atom is 0.523 e. The number of methoxy groups -OCH3 is 1. The highest BCUT2D eigenvalue weighted by molar-refractivity contribution is 7.87. The molecule has 0 radical (unpaired) electrons. The Balaban J connectivity index is 2.16. The Morgan fingerprint density at radius 1 is 1.31 bits per heavy atom. The van der Waals surface area contributed by atoms with E-state index in [1.165, 1.54) is 13.2 Å². The zero-order valence-corrected chi connectivity index (χ0v) is 14.4. The summed E-state index contributed by atoms with van der Waals surface area (Å²) in [6.45, 7) is 2.50. The van der Waals surface area contributed by atoms with E-state index >= 15 is 0 Å². The van der Waals surface area contributed by atoms with Crippen LogP contribution in [0.2, 0.25) is 0 Å². The molecule has 0 unspecified atom stereocenters. The fourth-order valence-electron chi connectivity index (χ4n) is 2.30. The van der Waals surface area contributed by atoms with Crippen LogP contribution in [-0.4, -0.2) is 50.8 Å². The molecule has 26 heavy (non-hydrogen) atoms. The van der Waals surface area contributed by atoms with Gasteiger partial charge in [0.25, 0.3) is 0 Å². The Bertz CT molecular complexity index is 763. The van der Waals surface area contributed by atoms with Crippen LogP contribution < -0.4 is 4.74 Å². The molecule has 11 heteroatoms. The minimum absolute atomic E-state index is 0.0206. The van der Waals surface area contributed by atoms with Crippen molar-refractivity contribution < 1.29 is 40.0 Å². The SMILES string of the molecule is C=C[C@H]1OC(=O)N(Cc2ccc(OC)cc2)[C@@H]1COS(=O)(=O)C(F)(F)F. The van der Waals surface area contributed by atoms with Crippen molar-refractivity contribution in [2.75, 3.05) is 13.7 Å². The number of nitrogens with zero attached hydrogens (tertiary/aromatic N) is 1. The van der Waals surface area contributed by atoms with Gasteiger partial charge in [-0.1, -0.05) is 18.7 Å². The van der Waals surface area contributed by atoms with Gasteiger partial charge in [0.15, 0.2) is 0 Å². The molecule has 144 valence electrons. The highest BCUT2D eigenvalue weighted by Crippen LogP contribution is 2.28. The van der Waals surface area contributed by atoms with Gasteiger partial charge >= 0.3 is 21.7 Å². The molecule has 0 N–H and O–H groups in total. The molecule has 0 aromatic heterocycles. The van der Waals surface area contributed by atoms with Gasteiger partial charge in [-0.05, 0) is 23.8 Å². The maximum absolute atomic E-state index is 12.4. The second-order valence-electron chi connectivity index (χ2n) is 5.31. The van der Waals surface area contributed by atoms with Crippen molar-refractivity contribution in [3.63, 3.8) is 0 Å². The smallest absolute Gasteiger partial charge is 0.497 e. The fourth-order valence-corrected chi connectivity index (χ4v) is 2.75. The number of hydrogen-bond acceptors (Lipinski definition) is 6. The van der Waals surface area contributed by atoms with Crippen LogP contribution in [0, 0.1) is 0 Å². The van der Waals surface area contributed by atoms with E-state index in [0.717, 1.165) is 4.90 Å². The number of ether oxygens (including phenoxy) is 2. The van der Waals surface area contributed by atoms with Crippen molar-refractivity contribution in [2.24, 2.45) is 0 Å². The number of hydrogen-bond donors (Lipinski definition) is 0. The topological polar surface area (TPSA) is 82.1 Å². The third-order valence-electron chi connectivity index (χ3n) is 3.67. The molecule has 1 fully saturated rings. The van der Waals surface area contributed by atoms with E-state index in [2.05, 4.69) is 10.8 Å². The first-order valence-electron chi connectivity index (χ1n) is 7.27. The Kier molecular flexibility index (Phi) is 5.81. The van der Waals surface area contributed by atoms with Crippen LogP contribution >= 0.6 is 0 Å². The van der Waals surface area contributed by atoms with Crippen LogP contribution in [0.5, 0.6) is 5.75 Å². The summed E-state index contributed by atoms with van der Waals surface area (Å²) in [5.74, 6) is 0.581. The summed E-state index contributed by atoms with van der Waals surface area (Å²) in [6, 6.07) is 5.50. The summed E-state index contributed by atoms with van der Waals surface area (Å²) in [6.07, 6.45) is -0.631. The van der Waals surface area contributed by atoms with Crippen molar-refractivity contribution in [3.8, 4) is 5.75 Å². The van der Waals surface area contributed by atoms with Crippen molar-refractivity contribution in [1.82, 2.24) is 4.90 Å². The second-order valence-corrected chi connectivity index (χ2v) is 6.92. The molecule has 2 atom stereocenters. The van der Waals surface area contributed by atoms with Crippen molar-refractivity contribution in [3.05, 3.63) is 42.5 Å². The number of alkyl halides is 3. The predicted octanol–water partition coefficient (Wildman–Crippen LogP) is 2.44. The standard InChI is InChI=1S/C15H16F3NO6S/c1-3-13-12(9-24-26(21,22)15(16,17)18)19(14(20)25-13)8-10-4-6-11(23-2)7-5-10/h3-7,12-13H,1,8-9H2,2H3/t12-,13-/m1/s1. The average Bonchev–Trinajstić information content (AvgIpc) is 2.88. The molecule has 0 aliphatic carbocycles. The van der Waals surface area contributed by atoms with Gasteiger partial charge in [0.1, 0.15) is 17.9 Å². The van der Waals surface area contributed by atoms with Crippen molar-refractivity contribution in [2.45, 2.75) is 24.2 Å². The number of carbonyl (C=O) groups excluding carboxylic acids is 1. The lowest BCUT2D eigenvalue weighted by atomic mass is 10.1. The molecular weight excluding hydrogens is 379 g/mol. The van der Waals surface area contributed by atoms with Gasteiger partial charge in [0.05, 0.1) is 13.7 Å². The summed E-state index contributed by atoms with van der Waals surface area (Å²) in [7, 11) is -4.30. The highest BCUT2D eigenvalue weighted by atomic mass is 32.2. The van der Waals surface area contributed by atoms with Gasteiger partial charge in [-0.25, -0.2) is 4.79 Å². The van der Waals surface area contributed by atoms with Gasteiger partial charge in [0, 0.05) is 6.54 Å². The molecule has 0 bridgehead atoms. The Labute approximate surface area is 148 Å². The van der Waals surface area contributed by atoms with Crippen LogP contribution in [0.3, 0.4) is 0 Å². The van der Waals surface area contributed by atoms with Gasteiger partial charge in [-0.2, -0.15) is 21.6 Å². The Hall–Kier alpha value is -2.27. The summed E-state index contributed by atoms with van der Waals surface area (Å²) in [4.78, 5) is 13.1. The maximum atomic E-state index is 12.4. The number of rotatable bonds is 7. The first-order chi connectivity index (χ1) is 12.1. The van der Waals surface area contributed by atoms with E-state index in [1.807, 2.05) is 0 Å². The molecule has 1 amide bonds. The first-order valence-corrected chi connectivity index (χ1v) is 8.68. The third-order valence-corrected chi connectivity index (χ3v) is 4.69. The average molecular weight is 395 g/mol. The lowest BCUT2D eigenvalue weighted by molar-refractivity contribution is -0.0553. The summed E-state index contributed by atoms with van der Waals surface area (Å²) >= 11 is 0. The molecule has 1 aromatic rings. The monoisotopic (exact) mass is 395 g/mol. The first kappa shape index (κ1) is 20.0. The van der Waals surface area contributed by atoms with E-state index < -0.39 is 40.5 Å². The Morgan fingerprint density at radius 2 is 1.92 bits per heavy atom. The van der Waals surface area contributed by atoms with Gasteiger partial charge < -0.3 is 9.47 Å². The molecule has 1 aromatic carbocycles. The highest BCUT2D eigenvalue weighted by Gasteiger charge is 2.49. The molecule has 1 aliphatic heterocycles. The minimum Gasteiger partial charge on any atom is -0.497 e. The van der Waals surface area contributed by atoms with Gasteiger partial charge in [-0.15, -0.1) is 0 Å². The summed E-state index contributed by atoms with van der Waals surface area (Å²) in [5, 5.41) is 0.